The third-order valence-electron chi connectivity index (χ3n) is 4.44. The van der Waals surface area contributed by atoms with Gasteiger partial charge in [-0.1, -0.05) is 6.07 Å². The molecule has 1 atom stereocenters. The Hall–Kier alpha value is -1.62. The third-order valence-corrected chi connectivity index (χ3v) is 4.44. The lowest BCUT2D eigenvalue weighted by molar-refractivity contribution is 0.134. The molecular formula is C14H17FN2O2. The highest BCUT2D eigenvalue weighted by Gasteiger charge is 2.47. The zero-order valence-corrected chi connectivity index (χ0v) is 10.6. The van der Waals surface area contributed by atoms with Crippen molar-refractivity contribution in [2.24, 2.45) is 5.41 Å². The third kappa shape index (κ3) is 2.08. The van der Waals surface area contributed by atoms with Crippen molar-refractivity contribution in [3.05, 3.63) is 35.1 Å². The number of nitrogens with one attached hydrogen (secondary N) is 2. The Kier molecular flexibility index (Phi) is 2.93. The van der Waals surface area contributed by atoms with E-state index in [0.717, 1.165) is 43.5 Å². The van der Waals surface area contributed by atoms with Gasteiger partial charge in [0.2, 0.25) is 0 Å². The molecule has 1 aromatic rings. The maximum absolute atomic E-state index is 13.4. The van der Waals surface area contributed by atoms with E-state index >= 15 is 0 Å². The Morgan fingerprint density at radius 2 is 2.16 bits per heavy atom. The van der Waals surface area contributed by atoms with E-state index in [9.17, 15) is 9.18 Å². The summed E-state index contributed by atoms with van der Waals surface area (Å²) in [6, 6.07) is 4.46. The van der Waals surface area contributed by atoms with Crippen LogP contribution in [0.3, 0.4) is 0 Å². The van der Waals surface area contributed by atoms with E-state index in [4.69, 9.17) is 5.11 Å². The van der Waals surface area contributed by atoms with Crippen LogP contribution in [0.4, 0.5) is 9.18 Å². The quantitative estimate of drug-likeness (QED) is 0.727. The Bertz CT molecular complexity index is 512. The SMILES string of the molecule is O=C(O)N[C@@H]1c2ccc(F)cc2CC12CCNCC2. The summed E-state index contributed by atoms with van der Waals surface area (Å²) in [5, 5.41) is 15.0. The molecule has 102 valence electrons. The molecule has 19 heavy (non-hydrogen) atoms. The Morgan fingerprint density at radius 3 is 2.84 bits per heavy atom. The summed E-state index contributed by atoms with van der Waals surface area (Å²) in [5.41, 5.74) is 1.78. The number of amides is 1. The van der Waals surface area contributed by atoms with Crippen LogP contribution in [-0.2, 0) is 6.42 Å². The van der Waals surface area contributed by atoms with Gasteiger partial charge >= 0.3 is 6.09 Å². The number of hydrogen-bond acceptors (Lipinski definition) is 2. The van der Waals surface area contributed by atoms with Crippen LogP contribution >= 0.6 is 0 Å². The minimum atomic E-state index is -1.01. The molecule has 1 aromatic carbocycles. The van der Waals surface area contributed by atoms with Crippen LogP contribution in [-0.4, -0.2) is 24.3 Å². The molecular weight excluding hydrogens is 247 g/mol. The highest BCUT2D eigenvalue weighted by Crippen LogP contribution is 2.51. The highest BCUT2D eigenvalue weighted by atomic mass is 19.1. The average molecular weight is 264 g/mol. The second-order valence-corrected chi connectivity index (χ2v) is 5.51. The normalized spacial score (nSPS) is 24.2. The van der Waals surface area contributed by atoms with E-state index in [1.165, 1.54) is 6.07 Å². The molecule has 1 fully saturated rings. The first-order chi connectivity index (χ1) is 9.11. The minimum Gasteiger partial charge on any atom is -0.465 e. The molecule has 1 spiro atoms. The van der Waals surface area contributed by atoms with Crippen molar-refractivity contribution in [1.82, 2.24) is 10.6 Å². The Balaban J connectivity index is 2.00. The summed E-state index contributed by atoms with van der Waals surface area (Å²) < 4.78 is 13.4. The van der Waals surface area contributed by atoms with E-state index in [0.29, 0.717) is 0 Å². The zero-order valence-electron chi connectivity index (χ0n) is 10.6. The maximum atomic E-state index is 13.4. The lowest BCUT2D eigenvalue weighted by atomic mass is 9.73. The van der Waals surface area contributed by atoms with Crippen LogP contribution in [0.1, 0.15) is 30.0 Å². The van der Waals surface area contributed by atoms with E-state index < -0.39 is 6.09 Å². The van der Waals surface area contributed by atoms with Gasteiger partial charge in [-0.2, -0.15) is 0 Å². The summed E-state index contributed by atoms with van der Waals surface area (Å²) in [5.74, 6) is -0.251. The predicted octanol–water partition coefficient (Wildman–Crippen LogP) is 2.06. The molecule has 3 rings (SSSR count). The minimum absolute atomic E-state index is 0.0975. The molecule has 3 N–H and O–H groups in total. The number of fused-ring (bicyclic) bond motifs is 1. The Labute approximate surface area is 111 Å². The molecule has 1 aliphatic heterocycles. The molecule has 2 aliphatic rings. The number of halogens is 1. The van der Waals surface area contributed by atoms with E-state index in [1.807, 2.05) is 0 Å². The van der Waals surface area contributed by atoms with Gasteiger partial charge in [0.15, 0.2) is 0 Å². The van der Waals surface area contributed by atoms with E-state index in [1.54, 1.807) is 12.1 Å². The van der Waals surface area contributed by atoms with Crippen LogP contribution in [0.2, 0.25) is 0 Å². The monoisotopic (exact) mass is 264 g/mol. The summed E-state index contributed by atoms with van der Waals surface area (Å²) in [6.07, 6.45) is 1.56. The maximum Gasteiger partial charge on any atom is 0.405 e. The van der Waals surface area contributed by atoms with Gasteiger partial charge in [0.05, 0.1) is 6.04 Å². The number of carboxylic acid groups (broad SMARTS) is 1. The molecule has 5 heteroatoms. The molecule has 0 aromatic heterocycles. The first-order valence-electron chi connectivity index (χ1n) is 6.59. The first kappa shape index (κ1) is 12.4. The predicted molar refractivity (Wildman–Crippen MR) is 68.5 cm³/mol. The summed E-state index contributed by atoms with van der Waals surface area (Å²) >= 11 is 0. The number of piperidine rings is 1. The molecule has 1 aliphatic carbocycles. The van der Waals surface area contributed by atoms with Crippen molar-refractivity contribution in [2.75, 3.05) is 13.1 Å². The van der Waals surface area contributed by atoms with Gasteiger partial charge in [0.1, 0.15) is 5.82 Å². The molecule has 4 nitrogen and oxygen atoms in total. The van der Waals surface area contributed by atoms with Crippen LogP contribution < -0.4 is 10.6 Å². The van der Waals surface area contributed by atoms with Gasteiger partial charge in [0.25, 0.3) is 0 Å². The van der Waals surface area contributed by atoms with Gasteiger partial charge in [-0.25, -0.2) is 9.18 Å². The standard InChI is InChI=1S/C14H17FN2O2/c15-10-1-2-11-9(7-10)8-14(3-5-16-6-4-14)12(11)17-13(18)19/h1-2,7,12,16-17H,3-6,8H2,(H,18,19)/t12-/m1/s1. The second kappa shape index (κ2) is 4.49. The molecule has 1 heterocycles. The number of benzene rings is 1. The summed E-state index contributed by atoms with van der Waals surface area (Å²) in [4.78, 5) is 11.1. The van der Waals surface area contributed by atoms with Gasteiger partial charge in [-0.15, -0.1) is 0 Å². The van der Waals surface area contributed by atoms with Gasteiger partial charge < -0.3 is 15.7 Å². The number of hydrogen-bond donors (Lipinski definition) is 3. The molecule has 1 saturated heterocycles. The average Bonchev–Trinajstić information content (AvgIpc) is 2.63. The van der Waals surface area contributed by atoms with Crippen LogP contribution in [0.5, 0.6) is 0 Å². The first-order valence-corrected chi connectivity index (χ1v) is 6.59. The lowest BCUT2D eigenvalue weighted by Gasteiger charge is -2.39. The fourth-order valence-electron chi connectivity index (χ4n) is 3.56. The van der Waals surface area contributed by atoms with Gasteiger partial charge in [0, 0.05) is 5.41 Å². The molecule has 0 bridgehead atoms. The van der Waals surface area contributed by atoms with E-state index in [2.05, 4.69) is 10.6 Å². The summed E-state index contributed by atoms with van der Waals surface area (Å²) in [7, 11) is 0. The topological polar surface area (TPSA) is 61.4 Å². The van der Waals surface area contributed by atoms with Gasteiger partial charge in [-0.3, -0.25) is 0 Å². The lowest BCUT2D eigenvalue weighted by Crippen LogP contribution is -2.45. The van der Waals surface area contributed by atoms with Crippen molar-refractivity contribution >= 4 is 6.09 Å². The summed E-state index contributed by atoms with van der Waals surface area (Å²) in [6.45, 7) is 1.77. The van der Waals surface area contributed by atoms with Crippen LogP contribution in [0.15, 0.2) is 18.2 Å². The van der Waals surface area contributed by atoms with Crippen molar-refractivity contribution in [3.63, 3.8) is 0 Å². The van der Waals surface area contributed by atoms with Gasteiger partial charge in [-0.05, 0) is 55.6 Å². The number of rotatable bonds is 1. The molecule has 1 amide bonds. The molecule has 0 unspecified atom stereocenters. The van der Waals surface area contributed by atoms with Crippen molar-refractivity contribution in [1.29, 1.82) is 0 Å². The largest absolute Gasteiger partial charge is 0.465 e. The molecule has 0 saturated carbocycles. The zero-order chi connectivity index (χ0) is 13.5. The van der Waals surface area contributed by atoms with Crippen LogP contribution in [0, 0.1) is 11.2 Å². The second-order valence-electron chi connectivity index (χ2n) is 5.51. The fourth-order valence-corrected chi connectivity index (χ4v) is 3.56. The van der Waals surface area contributed by atoms with E-state index in [-0.39, 0.29) is 17.3 Å². The highest BCUT2D eigenvalue weighted by molar-refractivity contribution is 5.66. The fraction of sp³-hybridized carbons (Fsp3) is 0.500. The van der Waals surface area contributed by atoms with Crippen molar-refractivity contribution in [3.8, 4) is 0 Å². The smallest absolute Gasteiger partial charge is 0.405 e. The van der Waals surface area contributed by atoms with Crippen molar-refractivity contribution < 1.29 is 14.3 Å². The number of carbonyl (C=O) groups is 1. The molecule has 0 radical (unpaired) electrons. The van der Waals surface area contributed by atoms with Crippen LogP contribution in [0.25, 0.3) is 0 Å². The Morgan fingerprint density at radius 1 is 1.42 bits per heavy atom. The van der Waals surface area contributed by atoms with Crippen molar-refractivity contribution in [2.45, 2.75) is 25.3 Å².